The average Bonchev–Trinajstić information content (AvgIpc) is 3.49. The molecule has 1 aliphatic heterocycles. The Kier molecular flexibility index (Phi) is 8.60. The Bertz CT molecular complexity index is 1680. The van der Waals surface area contributed by atoms with Gasteiger partial charge in [-0.1, -0.05) is 61.5 Å². The van der Waals surface area contributed by atoms with Crippen LogP contribution in [0.5, 0.6) is 5.75 Å². The zero-order chi connectivity index (χ0) is 29.1. The molecule has 3 aromatic carbocycles. The van der Waals surface area contributed by atoms with Crippen molar-refractivity contribution in [3.05, 3.63) is 83.3 Å². The molecule has 0 saturated carbocycles. The highest BCUT2D eigenvalue weighted by atomic mass is 16.6. The first-order valence-electron chi connectivity index (χ1n) is 15.3. The van der Waals surface area contributed by atoms with E-state index in [2.05, 4.69) is 54.0 Å². The van der Waals surface area contributed by atoms with Crippen LogP contribution >= 0.6 is 0 Å². The van der Waals surface area contributed by atoms with Gasteiger partial charge in [0.05, 0.1) is 30.1 Å². The van der Waals surface area contributed by atoms with Gasteiger partial charge in [-0.2, -0.15) is 5.10 Å². The van der Waals surface area contributed by atoms with E-state index in [4.69, 9.17) is 19.3 Å². The molecule has 3 heterocycles. The van der Waals surface area contributed by atoms with E-state index in [1.165, 1.54) is 11.1 Å². The molecular formula is C35H41N3O4. The molecule has 0 bridgehead atoms. The lowest BCUT2D eigenvalue weighted by Gasteiger charge is -2.18. The van der Waals surface area contributed by atoms with Crippen molar-refractivity contribution in [2.45, 2.75) is 65.4 Å². The zero-order valence-electron chi connectivity index (χ0n) is 24.9. The number of hydrogen-bond acceptors (Lipinski definition) is 5. The molecule has 0 saturated heterocycles. The summed E-state index contributed by atoms with van der Waals surface area (Å²) in [6, 6.07) is 21.0. The van der Waals surface area contributed by atoms with Crippen molar-refractivity contribution in [3.63, 3.8) is 0 Å². The second kappa shape index (κ2) is 12.7. The molecule has 2 aromatic heterocycles. The number of aromatic nitrogens is 3. The number of hydrogen-bond donors (Lipinski definition) is 1. The van der Waals surface area contributed by atoms with Crippen LogP contribution in [0.1, 0.15) is 62.0 Å². The number of rotatable bonds is 9. The van der Waals surface area contributed by atoms with E-state index < -0.39 is 6.29 Å². The van der Waals surface area contributed by atoms with Crippen LogP contribution in [0.2, 0.25) is 0 Å². The molecule has 7 nitrogen and oxygen atoms in total. The molecule has 42 heavy (non-hydrogen) atoms. The summed E-state index contributed by atoms with van der Waals surface area (Å²) < 4.78 is 22.6. The zero-order valence-corrected chi connectivity index (χ0v) is 24.9. The van der Waals surface area contributed by atoms with Crippen LogP contribution in [-0.4, -0.2) is 39.3 Å². The predicted octanol–water partition coefficient (Wildman–Crippen LogP) is 7.11. The second-order valence-electron chi connectivity index (χ2n) is 11.0. The largest absolute Gasteiger partial charge is 0.493 e. The summed E-state index contributed by atoms with van der Waals surface area (Å²) in [6.07, 6.45) is 3.31. The van der Waals surface area contributed by atoms with Crippen molar-refractivity contribution in [3.8, 4) is 16.9 Å². The first-order chi connectivity index (χ1) is 20.6. The molecule has 0 radical (unpaired) electrons. The van der Waals surface area contributed by atoms with Crippen molar-refractivity contribution in [2.75, 3.05) is 19.8 Å². The number of aliphatic hydroxyl groups is 1. The summed E-state index contributed by atoms with van der Waals surface area (Å²) >= 11 is 0. The van der Waals surface area contributed by atoms with Crippen LogP contribution in [0.25, 0.3) is 32.8 Å². The van der Waals surface area contributed by atoms with Crippen LogP contribution in [0.4, 0.5) is 0 Å². The van der Waals surface area contributed by atoms with E-state index in [-0.39, 0.29) is 0 Å². The summed E-state index contributed by atoms with van der Waals surface area (Å²) in [4.78, 5) is 0. The Balaban J connectivity index is 1.42. The van der Waals surface area contributed by atoms with Crippen molar-refractivity contribution in [1.29, 1.82) is 0 Å². The van der Waals surface area contributed by atoms with E-state index in [1.54, 1.807) is 0 Å². The van der Waals surface area contributed by atoms with Gasteiger partial charge in [0, 0.05) is 54.4 Å². The number of fused-ring (bicyclic) bond motifs is 3. The molecule has 1 unspecified atom stereocenters. The first kappa shape index (κ1) is 28.5. The van der Waals surface area contributed by atoms with Crippen LogP contribution in [0.3, 0.4) is 0 Å². The Morgan fingerprint density at radius 2 is 1.81 bits per heavy atom. The van der Waals surface area contributed by atoms with Crippen LogP contribution in [0, 0.1) is 0 Å². The van der Waals surface area contributed by atoms with E-state index >= 15 is 0 Å². The number of benzene rings is 3. The third-order valence-corrected chi connectivity index (χ3v) is 8.37. The van der Waals surface area contributed by atoms with Gasteiger partial charge in [-0.3, -0.25) is 4.68 Å². The fourth-order valence-electron chi connectivity index (χ4n) is 6.55. The van der Waals surface area contributed by atoms with E-state index in [1.807, 2.05) is 36.9 Å². The number of aliphatic hydroxyl groups excluding tert-OH is 1. The third kappa shape index (κ3) is 5.33. The molecule has 0 spiro atoms. The summed E-state index contributed by atoms with van der Waals surface area (Å²) in [5.74, 6) is 0.903. The Morgan fingerprint density at radius 3 is 2.67 bits per heavy atom. The summed E-state index contributed by atoms with van der Waals surface area (Å²) in [7, 11) is 2.02. The van der Waals surface area contributed by atoms with Gasteiger partial charge in [-0.05, 0) is 56.0 Å². The minimum atomic E-state index is -1.01. The minimum absolute atomic E-state index is 0.430. The summed E-state index contributed by atoms with van der Waals surface area (Å²) in [5.41, 5.74) is 7.57. The molecular weight excluding hydrogens is 526 g/mol. The summed E-state index contributed by atoms with van der Waals surface area (Å²) in [5, 5.41) is 19.7. The monoisotopic (exact) mass is 567 g/mol. The number of ether oxygens (including phenoxy) is 3. The second-order valence-corrected chi connectivity index (χ2v) is 11.0. The number of aryl methyl sites for hydroxylation is 3. The van der Waals surface area contributed by atoms with Crippen molar-refractivity contribution >= 4 is 21.7 Å². The molecule has 0 amide bonds. The van der Waals surface area contributed by atoms with Crippen LogP contribution in [-0.2, 0) is 42.5 Å². The highest BCUT2D eigenvalue weighted by molar-refractivity contribution is 5.99. The van der Waals surface area contributed by atoms with Gasteiger partial charge in [0.1, 0.15) is 5.75 Å². The Labute approximate surface area is 247 Å². The Hall–Kier alpha value is -3.65. The first-order valence-corrected chi connectivity index (χ1v) is 15.3. The van der Waals surface area contributed by atoms with Crippen LogP contribution in [0.15, 0.2) is 60.7 Å². The molecule has 0 fully saturated rings. The molecule has 220 valence electrons. The molecule has 6 rings (SSSR count). The standard InChI is InChI=1S/C35H41N3O4/c1-4-30-32-28-17-11-16-26-27(18-12-22-42-31-19-10-14-24-13-6-7-15-25(24)31)34(35(39)41-5-2)38(33(26)28)20-8-9-21-40-23-29(32)36-37(30)3/h6-7,10-11,13-17,19,35,39H,4-5,8-9,12,18,20-23H2,1-3H3. The topological polar surface area (TPSA) is 70.7 Å². The molecule has 1 N–H and O–H groups in total. The van der Waals surface area contributed by atoms with E-state index in [0.717, 1.165) is 88.8 Å². The van der Waals surface area contributed by atoms with Crippen LogP contribution < -0.4 is 4.74 Å². The minimum Gasteiger partial charge on any atom is -0.493 e. The molecule has 5 aromatic rings. The Morgan fingerprint density at radius 1 is 1.00 bits per heavy atom. The van der Waals surface area contributed by atoms with Gasteiger partial charge in [0.25, 0.3) is 0 Å². The van der Waals surface area contributed by atoms with Crippen molar-refractivity contribution in [1.82, 2.24) is 14.3 Å². The predicted molar refractivity (Wildman–Crippen MR) is 167 cm³/mol. The number of nitrogens with zero attached hydrogens (tertiary/aromatic N) is 3. The summed E-state index contributed by atoms with van der Waals surface area (Å²) in [6.45, 7) is 7.06. The normalized spacial score (nSPS) is 14.6. The van der Waals surface area contributed by atoms with Gasteiger partial charge in [-0.15, -0.1) is 0 Å². The maximum absolute atomic E-state index is 11.4. The lowest BCUT2D eigenvalue weighted by atomic mass is 9.97. The number of para-hydroxylation sites is 1. The van der Waals surface area contributed by atoms with E-state index in [9.17, 15) is 5.11 Å². The fourth-order valence-corrected chi connectivity index (χ4v) is 6.55. The van der Waals surface area contributed by atoms with Gasteiger partial charge < -0.3 is 23.9 Å². The maximum Gasteiger partial charge on any atom is 0.196 e. The van der Waals surface area contributed by atoms with E-state index in [0.29, 0.717) is 26.4 Å². The molecule has 7 heteroatoms. The molecule has 0 aliphatic carbocycles. The van der Waals surface area contributed by atoms with Crippen molar-refractivity contribution < 1.29 is 19.3 Å². The van der Waals surface area contributed by atoms with Gasteiger partial charge >= 0.3 is 0 Å². The lowest BCUT2D eigenvalue weighted by Crippen LogP contribution is -2.14. The van der Waals surface area contributed by atoms with Crippen molar-refractivity contribution in [2.24, 2.45) is 7.05 Å². The van der Waals surface area contributed by atoms with Gasteiger partial charge in [0.2, 0.25) is 0 Å². The highest BCUT2D eigenvalue weighted by Crippen LogP contribution is 2.41. The third-order valence-electron chi connectivity index (χ3n) is 8.37. The molecule has 1 atom stereocenters. The maximum atomic E-state index is 11.4. The molecule has 1 aliphatic rings. The fraction of sp³-hybridized carbons (Fsp3) is 0.400. The average molecular weight is 568 g/mol. The lowest BCUT2D eigenvalue weighted by molar-refractivity contribution is -0.103. The van der Waals surface area contributed by atoms with Gasteiger partial charge in [-0.25, -0.2) is 0 Å². The SMILES string of the molecule is CCOC(O)c1c(CCCOc2cccc3ccccc23)c2cccc3c2n1CCCCOCc1nn(C)c(CC)c1-3. The smallest absolute Gasteiger partial charge is 0.196 e. The van der Waals surface area contributed by atoms with Gasteiger partial charge in [0.15, 0.2) is 6.29 Å². The highest BCUT2D eigenvalue weighted by Gasteiger charge is 2.28. The quantitative estimate of drug-likeness (QED) is 0.152.